The van der Waals surface area contributed by atoms with Crippen molar-refractivity contribution < 1.29 is 9.50 Å². The van der Waals surface area contributed by atoms with E-state index in [1.807, 2.05) is 0 Å². The summed E-state index contributed by atoms with van der Waals surface area (Å²) >= 11 is 3.02. The molecule has 1 aromatic rings. The zero-order chi connectivity index (χ0) is 10.6. The largest absolute Gasteiger partial charge is 0.396 e. The molecule has 0 amide bonds. The zero-order valence-electron chi connectivity index (χ0n) is 7.06. The van der Waals surface area contributed by atoms with Gasteiger partial charge < -0.3 is 5.11 Å². The molecule has 4 nitrogen and oxygen atoms in total. The van der Waals surface area contributed by atoms with E-state index in [-0.39, 0.29) is 11.1 Å². The molecule has 0 spiro atoms. The lowest BCUT2D eigenvalue weighted by molar-refractivity contribution is 0.267. The number of rotatable bonds is 3. The van der Waals surface area contributed by atoms with E-state index in [1.54, 1.807) is 6.07 Å². The van der Waals surface area contributed by atoms with E-state index in [1.165, 1.54) is 12.1 Å². The van der Waals surface area contributed by atoms with Crippen LogP contribution in [0.5, 0.6) is 0 Å². The van der Waals surface area contributed by atoms with E-state index >= 15 is 0 Å². The number of aliphatic hydroxyl groups is 1. The smallest absolute Gasteiger partial charge is 0.137 e. The first-order valence-corrected chi connectivity index (χ1v) is 4.59. The van der Waals surface area contributed by atoms with Crippen molar-refractivity contribution in [2.75, 3.05) is 6.61 Å². The molecule has 0 heterocycles. The molecule has 0 bridgehead atoms. The van der Waals surface area contributed by atoms with E-state index < -0.39 is 11.9 Å². The third-order valence-electron chi connectivity index (χ3n) is 1.70. The highest BCUT2D eigenvalue weighted by molar-refractivity contribution is 9.10. The molecule has 1 aromatic carbocycles. The van der Waals surface area contributed by atoms with Crippen molar-refractivity contribution in [2.45, 2.75) is 6.04 Å². The first kappa shape index (κ1) is 11.0. The van der Waals surface area contributed by atoms with Crippen molar-refractivity contribution in [3.8, 4) is 0 Å². The van der Waals surface area contributed by atoms with Gasteiger partial charge in [-0.15, -0.1) is 0 Å². The standard InChI is InChI=1S/C8H7BrFN3O/c9-8-5(2-1-3-6(8)10)7(4-14)12-13-11/h1-3,7,14H,4H2. The van der Waals surface area contributed by atoms with E-state index in [9.17, 15) is 4.39 Å². The van der Waals surface area contributed by atoms with Crippen LogP contribution in [0.1, 0.15) is 11.6 Å². The molecule has 74 valence electrons. The zero-order valence-corrected chi connectivity index (χ0v) is 8.65. The minimum absolute atomic E-state index is 0.214. The average molecular weight is 260 g/mol. The van der Waals surface area contributed by atoms with Gasteiger partial charge in [-0.05, 0) is 33.1 Å². The van der Waals surface area contributed by atoms with Gasteiger partial charge >= 0.3 is 0 Å². The summed E-state index contributed by atoms with van der Waals surface area (Å²) in [6.07, 6.45) is 0. The number of nitrogens with zero attached hydrogens (tertiary/aromatic N) is 3. The second kappa shape index (κ2) is 4.95. The van der Waals surface area contributed by atoms with Crippen molar-refractivity contribution in [1.29, 1.82) is 0 Å². The van der Waals surface area contributed by atoms with Crippen molar-refractivity contribution >= 4 is 15.9 Å². The minimum Gasteiger partial charge on any atom is -0.396 e. The molecule has 1 unspecified atom stereocenters. The monoisotopic (exact) mass is 259 g/mol. The second-order valence-corrected chi connectivity index (χ2v) is 3.34. The normalized spacial score (nSPS) is 11.9. The quantitative estimate of drug-likeness (QED) is 0.506. The first-order chi connectivity index (χ1) is 6.70. The summed E-state index contributed by atoms with van der Waals surface area (Å²) in [6, 6.07) is 3.59. The van der Waals surface area contributed by atoms with Crippen LogP contribution in [-0.2, 0) is 0 Å². The lowest BCUT2D eigenvalue weighted by Crippen LogP contribution is -2.01. The highest BCUT2D eigenvalue weighted by Gasteiger charge is 2.13. The van der Waals surface area contributed by atoms with Gasteiger partial charge in [0.15, 0.2) is 0 Å². The van der Waals surface area contributed by atoms with Crippen molar-refractivity contribution in [3.05, 3.63) is 44.5 Å². The van der Waals surface area contributed by atoms with Gasteiger partial charge in [-0.1, -0.05) is 17.2 Å². The highest BCUT2D eigenvalue weighted by Crippen LogP contribution is 2.28. The number of hydrogen-bond donors (Lipinski definition) is 1. The van der Waals surface area contributed by atoms with Crippen LogP contribution < -0.4 is 0 Å². The Kier molecular flexibility index (Phi) is 3.88. The lowest BCUT2D eigenvalue weighted by Gasteiger charge is -2.10. The summed E-state index contributed by atoms with van der Waals surface area (Å²) in [7, 11) is 0. The molecule has 14 heavy (non-hydrogen) atoms. The summed E-state index contributed by atoms with van der Waals surface area (Å²) in [6.45, 7) is -0.355. The molecule has 1 N–H and O–H groups in total. The van der Waals surface area contributed by atoms with Gasteiger partial charge in [0, 0.05) is 4.91 Å². The highest BCUT2D eigenvalue weighted by atomic mass is 79.9. The van der Waals surface area contributed by atoms with Crippen LogP contribution in [0, 0.1) is 5.82 Å². The fourth-order valence-corrected chi connectivity index (χ4v) is 1.57. The average Bonchev–Trinajstić information content (AvgIpc) is 2.19. The van der Waals surface area contributed by atoms with Gasteiger partial charge in [0.25, 0.3) is 0 Å². The van der Waals surface area contributed by atoms with Crippen molar-refractivity contribution in [1.82, 2.24) is 0 Å². The van der Waals surface area contributed by atoms with Crippen LogP contribution in [-0.4, -0.2) is 11.7 Å². The van der Waals surface area contributed by atoms with Gasteiger partial charge in [-0.3, -0.25) is 0 Å². The van der Waals surface area contributed by atoms with Crippen molar-refractivity contribution in [3.63, 3.8) is 0 Å². The number of hydrogen-bond acceptors (Lipinski definition) is 2. The Morgan fingerprint density at radius 2 is 2.36 bits per heavy atom. The summed E-state index contributed by atoms with van der Waals surface area (Å²) in [4.78, 5) is 2.58. The van der Waals surface area contributed by atoms with Crippen LogP contribution in [0.25, 0.3) is 10.4 Å². The summed E-state index contributed by atoms with van der Waals surface area (Å²) in [5.74, 6) is -0.450. The molecule has 1 atom stereocenters. The Labute approximate surface area is 88.1 Å². The van der Waals surface area contributed by atoms with Gasteiger partial charge in [0.2, 0.25) is 0 Å². The third-order valence-corrected chi connectivity index (χ3v) is 2.54. The Bertz CT molecular complexity index is 379. The summed E-state index contributed by atoms with van der Waals surface area (Å²) < 4.78 is 13.3. The lowest BCUT2D eigenvalue weighted by atomic mass is 10.1. The second-order valence-electron chi connectivity index (χ2n) is 2.55. The number of halogens is 2. The Hall–Kier alpha value is -1.10. The number of benzene rings is 1. The Morgan fingerprint density at radius 3 is 2.93 bits per heavy atom. The predicted octanol–water partition coefficient (Wildman–Crippen LogP) is 2.93. The number of aliphatic hydroxyl groups excluding tert-OH is 1. The van der Waals surface area contributed by atoms with Crippen molar-refractivity contribution in [2.24, 2.45) is 5.11 Å². The van der Waals surface area contributed by atoms with Crippen LogP contribution in [0.15, 0.2) is 27.8 Å². The fourth-order valence-electron chi connectivity index (χ4n) is 1.04. The Morgan fingerprint density at radius 1 is 1.64 bits per heavy atom. The van der Waals surface area contributed by atoms with E-state index in [4.69, 9.17) is 10.6 Å². The molecule has 0 fully saturated rings. The third kappa shape index (κ3) is 2.23. The predicted molar refractivity (Wildman–Crippen MR) is 53.1 cm³/mol. The molecule has 0 saturated carbocycles. The van der Waals surface area contributed by atoms with E-state index in [0.717, 1.165) is 0 Å². The van der Waals surface area contributed by atoms with Gasteiger partial charge in [-0.25, -0.2) is 4.39 Å². The van der Waals surface area contributed by atoms with Gasteiger partial charge in [0.05, 0.1) is 17.1 Å². The maximum Gasteiger partial charge on any atom is 0.137 e. The molecule has 1 rings (SSSR count). The fraction of sp³-hybridized carbons (Fsp3) is 0.250. The molecule has 0 aromatic heterocycles. The van der Waals surface area contributed by atoms with Crippen LogP contribution in [0.4, 0.5) is 4.39 Å². The van der Waals surface area contributed by atoms with Gasteiger partial charge in [0.1, 0.15) is 5.82 Å². The number of azide groups is 1. The molecule has 0 radical (unpaired) electrons. The van der Waals surface area contributed by atoms with Crippen LogP contribution in [0.2, 0.25) is 0 Å². The van der Waals surface area contributed by atoms with Crippen LogP contribution in [0.3, 0.4) is 0 Å². The molecule has 0 aliphatic heterocycles. The molecule has 0 aliphatic rings. The molecule has 0 aliphatic carbocycles. The first-order valence-electron chi connectivity index (χ1n) is 3.79. The maximum absolute atomic E-state index is 13.1. The molecule has 0 saturated heterocycles. The summed E-state index contributed by atoms with van der Waals surface area (Å²) in [5, 5.41) is 12.3. The SMILES string of the molecule is [N-]=[N+]=NC(CO)c1cccc(F)c1Br. The summed E-state index contributed by atoms with van der Waals surface area (Å²) in [5.41, 5.74) is 8.66. The van der Waals surface area contributed by atoms with E-state index in [2.05, 4.69) is 26.0 Å². The minimum atomic E-state index is -0.759. The topological polar surface area (TPSA) is 69.0 Å². The maximum atomic E-state index is 13.1. The van der Waals surface area contributed by atoms with Gasteiger partial charge in [-0.2, -0.15) is 0 Å². The molecular weight excluding hydrogens is 253 g/mol. The van der Waals surface area contributed by atoms with E-state index in [0.29, 0.717) is 5.56 Å². The Balaban J connectivity index is 3.16. The molecular formula is C8H7BrFN3O. The molecule has 6 heteroatoms. The van der Waals surface area contributed by atoms with Crippen LogP contribution >= 0.6 is 15.9 Å².